The lowest BCUT2D eigenvalue weighted by Gasteiger charge is -2.09. The van der Waals surface area contributed by atoms with Gasteiger partial charge in [-0.25, -0.2) is 4.98 Å². The van der Waals surface area contributed by atoms with E-state index >= 15 is 0 Å². The van der Waals surface area contributed by atoms with Crippen molar-refractivity contribution in [3.63, 3.8) is 0 Å². The molecule has 0 spiro atoms. The van der Waals surface area contributed by atoms with E-state index in [-0.39, 0.29) is 5.91 Å². The van der Waals surface area contributed by atoms with Crippen LogP contribution in [0, 0.1) is 0 Å². The topological polar surface area (TPSA) is 46.9 Å². The first-order valence-corrected chi connectivity index (χ1v) is 6.50. The first-order valence-electron chi connectivity index (χ1n) is 6.50. The van der Waals surface area contributed by atoms with Gasteiger partial charge in [-0.2, -0.15) is 0 Å². The summed E-state index contributed by atoms with van der Waals surface area (Å²) in [5.41, 5.74) is 1.90. The van der Waals surface area contributed by atoms with Gasteiger partial charge < -0.3 is 9.88 Å². The summed E-state index contributed by atoms with van der Waals surface area (Å²) in [6.45, 7) is 5.57. The summed E-state index contributed by atoms with van der Waals surface area (Å²) in [5.74, 6) is 0.404. The molecule has 0 bridgehead atoms. The highest BCUT2D eigenvalue weighted by molar-refractivity contribution is 5.94. The second-order valence-corrected chi connectivity index (χ2v) is 4.84. The van der Waals surface area contributed by atoms with Crippen molar-refractivity contribution in [2.45, 2.75) is 26.3 Å². The maximum atomic E-state index is 12.0. The molecule has 0 fully saturated rings. The lowest BCUT2D eigenvalue weighted by molar-refractivity contribution is 0.0952. The number of carbonyl (C=O) groups excluding carboxylic acids is 1. The number of nitrogens with one attached hydrogen (secondary N) is 1. The molecule has 4 heteroatoms. The van der Waals surface area contributed by atoms with Crippen molar-refractivity contribution in [1.82, 2.24) is 14.9 Å². The van der Waals surface area contributed by atoms with Crippen LogP contribution in [0.4, 0.5) is 0 Å². The van der Waals surface area contributed by atoms with Gasteiger partial charge in [0.1, 0.15) is 0 Å². The van der Waals surface area contributed by atoms with Crippen LogP contribution in [0.2, 0.25) is 0 Å². The highest BCUT2D eigenvalue weighted by Crippen LogP contribution is 2.15. The van der Waals surface area contributed by atoms with Gasteiger partial charge in [-0.15, -0.1) is 0 Å². The standard InChI is InChI=1S/C15H19N3O/c1-12(2)13-4-3-5-14(10-13)15(19)17-7-9-18-8-6-16-11-18/h3-6,8,10-12H,7,9H2,1-2H3,(H,17,19). The fourth-order valence-electron chi connectivity index (χ4n) is 1.86. The summed E-state index contributed by atoms with van der Waals surface area (Å²) in [6.07, 6.45) is 5.35. The van der Waals surface area contributed by atoms with E-state index in [1.807, 2.05) is 35.0 Å². The van der Waals surface area contributed by atoms with Crippen molar-refractivity contribution in [2.24, 2.45) is 0 Å². The molecule has 2 rings (SSSR count). The van der Waals surface area contributed by atoms with Crippen LogP contribution >= 0.6 is 0 Å². The first-order chi connectivity index (χ1) is 9.16. The zero-order chi connectivity index (χ0) is 13.7. The van der Waals surface area contributed by atoms with Crippen molar-refractivity contribution in [1.29, 1.82) is 0 Å². The Morgan fingerprint density at radius 1 is 1.42 bits per heavy atom. The first kappa shape index (κ1) is 13.3. The van der Waals surface area contributed by atoms with E-state index in [2.05, 4.69) is 24.1 Å². The molecule has 0 aliphatic carbocycles. The Balaban J connectivity index is 1.90. The van der Waals surface area contributed by atoms with Crippen LogP contribution in [0.3, 0.4) is 0 Å². The number of hydrogen-bond donors (Lipinski definition) is 1. The number of benzene rings is 1. The Labute approximate surface area is 113 Å². The number of imidazole rings is 1. The third-order valence-corrected chi connectivity index (χ3v) is 3.03. The molecule has 100 valence electrons. The molecule has 1 amide bonds. The number of rotatable bonds is 5. The summed E-state index contributed by atoms with van der Waals surface area (Å²) in [6, 6.07) is 7.78. The maximum absolute atomic E-state index is 12.0. The summed E-state index contributed by atoms with van der Waals surface area (Å²) in [4.78, 5) is 16.0. The number of aromatic nitrogens is 2. The van der Waals surface area contributed by atoms with E-state index < -0.39 is 0 Å². The van der Waals surface area contributed by atoms with E-state index in [0.717, 1.165) is 12.1 Å². The lowest BCUT2D eigenvalue weighted by atomic mass is 10.0. The Morgan fingerprint density at radius 3 is 2.95 bits per heavy atom. The van der Waals surface area contributed by atoms with Crippen molar-refractivity contribution < 1.29 is 4.79 Å². The van der Waals surface area contributed by atoms with Crippen LogP contribution in [0.15, 0.2) is 43.0 Å². The predicted octanol–water partition coefficient (Wildman–Crippen LogP) is 2.44. The van der Waals surface area contributed by atoms with Gasteiger partial charge in [0.25, 0.3) is 5.91 Å². The van der Waals surface area contributed by atoms with Crippen LogP contribution in [-0.4, -0.2) is 22.0 Å². The SMILES string of the molecule is CC(C)c1cccc(C(=O)NCCn2ccnc2)c1. The third kappa shape index (κ3) is 3.68. The second-order valence-electron chi connectivity index (χ2n) is 4.84. The molecule has 0 atom stereocenters. The molecule has 0 aliphatic heterocycles. The Morgan fingerprint density at radius 2 is 2.26 bits per heavy atom. The van der Waals surface area contributed by atoms with Gasteiger partial charge in [0.15, 0.2) is 0 Å². The molecule has 0 saturated heterocycles. The number of amides is 1. The zero-order valence-electron chi connectivity index (χ0n) is 11.3. The molecule has 0 unspecified atom stereocenters. The average molecular weight is 257 g/mol. The summed E-state index contributed by atoms with van der Waals surface area (Å²) >= 11 is 0. The quantitative estimate of drug-likeness (QED) is 0.894. The van der Waals surface area contributed by atoms with Gasteiger partial charge >= 0.3 is 0 Å². The highest BCUT2D eigenvalue weighted by atomic mass is 16.1. The molecule has 1 N–H and O–H groups in total. The zero-order valence-corrected chi connectivity index (χ0v) is 11.3. The fourth-order valence-corrected chi connectivity index (χ4v) is 1.86. The van der Waals surface area contributed by atoms with Crippen LogP contribution in [0.1, 0.15) is 35.7 Å². The fraction of sp³-hybridized carbons (Fsp3) is 0.333. The predicted molar refractivity (Wildman–Crippen MR) is 75.1 cm³/mol. The monoisotopic (exact) mass is 257 g/mol. The second kappa shape index (κ2) is 6.18. The number of carbonyl (C=O) groups is 1. The Kier molecular flexibility index (Phi) is 4.34. The largest absolute Gasteiger partial charge is 0.350 e. The van der Waals surface area contributed by atoms with Gasteiger partial charge in [0, 0.05) is 31.0 Å². The van der Waals surface area contributed by atoms with E-state index in [0.29, 0.717) is 12.5 Å². The molecule has 19 heavy (non-hydrogen) atoms. The molecular weight excluding hydrogens is 238 g/mol. The minimum Gasteiger partial charge on any atom is -0.350 e. The van der Waals surface area contributed by atoms with Crippen LogP contribution in [0.25, 0.3) is 0 Å². The van der Waals surface area contributed by atoms with E-state index in [1.54, 1.807) is 12.5 Å². The van der Waals surface area contributed by atoms with Crippen molar-refractivity contribution in [2.75, 3.05) is 6.54 Å². The van der Waals surface area contributed by atoms with Crippen LogP contribution < -0.4 is 5.32 Å². The maximum Gasteiger partial charge on any atom is 0.251 e. The van der Waals surface area contributed by atoms with E-state index in [9.17, 15) is 4.79 Å². The molecule has 2 aromatic rings. The molecule has 0 aliphatic rings. The van der Waals surface area contributed by atoms with E-state index in [1.165, 1.54) is 5.56 Å². The molecular formula is C15H19N3O. The molecule has 4 nitrogen and oxygen atoms in total. The Hall–Kier alpha value is -2.10. The van der Waals surface area contributed by atoms with Gasteiger partial charge in [0.2, 0.25) is 0 Å². The van der Waals surface area contributed by atoms with Crippen molar-refractivity contribution >= 4 is 5.91 Å². The lowest BCUT2D eigenvalue weighted by Crippen LogP contribution is -2.27. The molecule has 0 saturated carbocycles. The average Bonchev–Trinajstić information content (AvgIpc) is 2.92. The molecule has 1 aromatic heterocycles. The van der Waals surface area contributed by atoms with Crippen molar-refractivity contribution in [3.05, 3.63) is 54.1 Å². The molecule has 1 heterocycles. The third-order valence-electron chi connectivity index (χ3n) is 3.03. The Bertz CT molecular complexity index is 532. The normalized spacial score (nSPS) is 10.7. The van der Waals surface area contributed by atoms with Crippen molar-refractivity contribution in [3.8, 4) is 0 Å². The van der Waals surface area contributed by atoms with Crippen LogP contribution in [-0.2, 0) is 6.54 Å². The van der Waals surface area contributed by atoms with Gasteiger partial charge in [-0.3, -0.25) is 4.79 Å². The molecule has 1 aromatic carbocycles. The van der Waals surface area contributed by atoms with Gasteiger partial charge in [0.05, 0.1) is 6.33 Å². The number of hydrogen-bond acceptors (Lipinski definition) is 2. The minimum absolute atomic E-state index is 0.0254. The smallest absolute Gasteiger partial charge is 0.251 e. The van der Waals surface area contributed by atoms with Gasteiger partial charge in [-0.05, 0) is 23.6 Å². The summed E-state index contributed by atoms with van der Waals surface area (Å²) in [7, 11) is 0. The van der Waals surface area contributed by atoms with E-state index in [4.69, 9.17) is 0 Å². The summed E-state index contributed by atoms with van der Waals surface area (Å²) in [5, 5.41) is 2.92. The van der Waals surface area contributed by atoms with Crippen LogP contribution in [0.5, 0.6) is 0 Å². The van der Waals surface area contributed by atoms with Gasteiger partial charge in [-0.1, -0.05) is 26.0 Å². The number of nitrogens with zero attached hydrogens (tertiary/aromatic N) is 2. The molecule has 0 radical (unpaired) electrons. The summed E-state index contributed by atoms with van der Waals surface area (Å²) < 4.78 is 1.94. The highest BCUT2D eigenvalue weighted by Gasteiger charge is 2.07. The minimum atomic E-state index is -0.0254.